The van der Waals surface area contributed by atoms with Crippen LogP contribution in [-0.4, -0.2) is 29.4 Å². The Balaban J connectivity index is 1.75. The maximum Gasteiger partial charge on any atom is 0.0680 e. The predicted molar refractivity (Wildman–Crippen MR) is 104 cm³/mol. The molecule has 136 valence electrons. The lowest BCUT2D eigenvalue weighted by Gasteiger charge is -2.35. The first-order chi connectivity index (χ1) is 11.9. The minimum atomic E-state index is 0.303. The zero-order chi connectivity index (χ0) is 18.0. The molecule has 0 amide bonds. The fourth-order valence-corrected chi connectivity index (χ4v) is 3.82. The van der Waals surface area contributed by atoms with Gasteiger partial charge in [-0.2, -0.15) is 5.10 Å². The molecule has 4 nitrogen and oxygen atoms in total. The number of benzene rings is 1. The highest BCUT2D eigenvalue weighted by atomic mass is 15.3. The summed E-state index contributed by atoms with van der Waals surface area (Å²) in [6, 6.07) is 6.84. The summed E-state index contributed by atoms with van der Waals surface area (Å²) in [6.07, 6.45) is 4.59. The molecule has 0 saturated carbocycles. The van der Waals surface area contributed by atoms with Crippen molar-refractivity contribution in [1.29, 1.82) is 0 Å². The Labute approximate surface area is 152 Å². The molecule has 1 fully saturated rings. The lowest BCUT2D eigenvalue weighted by molar-refractivity contribution is 0.220. The van der Waals surface area contributed by atoms with Crippen LogP contribution >= 0.6 is 0 Å². The van der Waals surface area contributed by atoms with E-state index in [1.54, 1.807) is 0 Å². The van der Waals surface area contributed by atoms with Crippen molar-refractivity contribution in [3.05, 3.63) is 46.8 Å². The molecule has 2 heterocycles. The molecule has 3 rings (SSSR count). The zero-order valence-electron chi connectivity index (χ0n) is 16.3. The van der Waals surface area contributed by atoms with Crippen molar-refractivity contribution in [3.8, 4) is 5.69 Å². The minimum Gasteiger partial charge on any atom is -0.316 e. The lowest BCUT2D eigenvalue weighted by Crippen LogP contribution is -2.44. The van der Waals surface area contributed by atoms with Crippen molar-refractivity contribution in [2.24, 2.45) is 5.41 Å². The van der Waals surface area contributed by atoms with E-state index in [2.05, 4.69) is 73.2 Å². The summed E-state index contributed by atoms with van der Waals surface area (Å²) in [7, 11) is 0. The van der Waals surface area contributed by atoms with Gasteiger partial charge in [0.1, 0.15) is 0 Å². The quantitative estimate of drug-likeness (QED) is 0.869. The third-order valence-corrected chi connectivity index (χ3v) is 5.63. The van der Waals surface area contributed by atoms with Crippen LogP contribution in [0.3, 0.4) is 0 Å². The van der Waals surface area contributed by atoms with Crippen molar-refractivity contribution in [2.45, 2.75) is 53.5 Å². The second-order valence-corrected chi connectivity index (χ2v) is 8.08. The van der Waals surface area contributed by atoms with Crippen molar-refractivity contribution < 1.29 is 0 Å². The van der Waals surface area contributed by atoms with Crippen LogP contribution in [0.2, 0.25) is 0 Å². The van der Waals surface area contributed by atoms with Gasteiger partial charge in [-0.3, -0.25) is 0 Å². The second kappa shape index (κ2) is 7.30. The first kappa shape index (κ1) is 18.2. The predicted octanol–water partition coefficient (Wildman–Crippen LogP) is 3.84. The number of rotatable bonds is 5. The van der Waals surface area contributed by atoms with Crippen LogP contribution in [0.4, 0.5) is 0 Å². The zero-order valence-corrected chi connectivity index (χ0v) is 16.3. The van der Waals surface area contributed by atoms with Gasteiger partial charge in [0, 0.05) is 30.4 Å². The van der Waals surface area contributed by atoms with Gasteiger partial charge in [0.25, 0.3) is 0 Å². The van der Waals surface area contributed by atoms with Crippen molar-refractivity contribution in [2.75, 3.05) is 19.6 Å². The summed E-state index contributed by atoms with van der Waals surface area (Å²) in [4.78, 5) is 0. The molecule has 2 aromatic rings. The van der Waals surface area contributed by atoms with Crippen LogP contribution in [0.15, 0.2) is 24.4 Å². The van der Waals surface area contributed by atoms with Crippen molar-refractivity contribution >= 4 is 0 Å². The Morgan fingerprint density at radius 1 is 1.32 bits per heavy atom. The van der Waals surface area contributed by atoms with Crippen LogP contribution in [0.5, 0.6) is 0 Å². The van der Waals surface area contributed by atoms with E-state index in [1.165, 1.54) is 40.9 Å². The third kappa shape index (κ3) is 3.96. The van der Waals surface area contributed by atoms with Crippen LogP contribution in [0.25, 0.3) is 5.69 Å². The molecule has 1 aliphatic heterocycles. The SMILES string of the molecule is Cc1ccc(C)c(-n2ncc(C(C)NCC3(C)CCCNC3)c2C)c1. The molecule has 1 aromatic carbocycles. The van der Waals surface area contributed by atoms with Gasteiger partial charge in [-0.05, 0) is 69.7 Å². The Hall–Kier alpha value is -1.65. The van der Waals surface area contributed by atoms with Crippen LogP contribution in [-0.2, 0) is 0 Å². The largest absolute Gasteiger partial charge is 0.316 e. The minimum absolute atomic E-state index is 0.303. The average molecular weight is 341 g/mol. The molecule has 4 heteroatoms. The highest BCUT2D eigenvalue weighted by Crippen LogP contribution is 2.27. The van der Waals surface area contributed by atoms with Crippen molar-refractivity contribution in [1.82, 2.24) is 20.4 Å². The number of piperidine rings is 1. The summed E-state index contributed by atoms with van der Waals surface area (Å²) in [5.74, 6) is 0. The van der Waals surface area contributed by atoms with E-state index in [4.69, 9.17) is 0 Å². The second-order valence-electron chi connectivity index (χ2n) is 8.08. The maximum atomic E-state index is 4.69. The Bertz CT molecular complexity index is 725. The number of hydrogen-bond acceptors (Lipinski definition) is 3. The molecular formula is C21H32N4. The molecule has 1 aromatic heterocycles. The van der Waals surface area contributed by atoms with Gasteiger partial charge in [0.2, 0.25) is 0 Å². The molecule has 0 radical (unpaired) electrons. The van der Waals surface area contributed by atoms with Gasteiger partial charge >= 0.3 is 0 Å². The monoisotopic (exact) mass is 340 g/mol. The van der Waals surface area contributed by atoms with E-state index >= 15 is 0 Å². The molecule has 0 bridgehead atoms. The number of hydrogen-bond donors (Lipinski definition) is 2. The molecule has 2 N–H and O–H groups in total. The van der Waals surface area contributed by atoms with Gasteiger partial charge in [0.05, 0.1) is 11.9 Å². The molecular weight excluding hydrogens is 308 g/mol. The fraction of sp³-hybridized carbons (Fsp3) is 0.571. The Morgan fingerprint density at radius 3 is 2.84 bits per heavy atom. The number of aromatic nitrogens is 2. The molecule has 2 atom stereocenters. The molecule has 0 spiro atoms. The summed E-state index contributed by atoms with van der Waals surface area (Å²) in [5.41, 5.74) is 6.56. The number of nitrogens with one attached hydrogen (secondary N) is 2. The van der Waals surface area contributed by atoms with Gasteiger partial charge in [-0.25, -0.2) is 4.68 Å². The summed E-state index contributed by atoms with van der Waals surface area (Å²) in [6.45, 7) is 14.4. The highest BCUT2D eigenvalue weighted by molar-refractivity contribution is 5.44. The van der Waals surface area contributed by atoms with Crippen LogP contribution < -0.4 is 10.6 Å². The van der Waals surface area contributed by atoms with Gasteiger partial charge < -0.3 is 10.6 Å². The van der Waals surface area contributed by atoms with Gasteiger partial charge in [-0.1, -0.05) is 19.1 Å². The summed E-state index contributed by atoms with van der Waals surface area (Å²) in [5, 5.41) is 12.0. The molecule has 0 aliphatic carbocycles. The van der Waals surface area contributed by atoms with E-state index in [9.17, 15) is 0 Å². The normalized spacial score (nSPS) is 22.1. The first-order valence-corrected chi connectivity index (χ1v) is 9.46. The van der Waals surface area contributed by atoms with E-state index in [-0.39, 0.29) is 0 Å². The maximum absolute atomic E-state index is 4.69. The highest BCUT2D eigenvalue weighted by Gasteiger charge is 2.27. The van der Waals surface area contributed by atoms with Crippen LogP contribution in [0, 0.1) is 26.2 Å². The molecule has 2 unspecified atom stereocenters. The van der Waals surface area contributed by atoms with E-state index in [1.807, 2.05) is 6.20 Å². The fourth-order valence-electron chi connectivity index (χ4n) is 3.82. The van der Waals surface area contributed by atoms with E-state index in [0.717, 1.165) is 19.6 Å². The number of nitrogens with zero attached hydrogens (tertiary/aromatic N) is 2. The van der Waals surface area contributed by atoms with Crippen molar-refractivity contribution in [3.63, 3.8) is 0 Å². The van der Waals surface area contributed by atoms with E-state index < -0.39 is 0 Å². The topological polar surface area (TPSA) is 41.9 Å². The molecule has 1 aliphatic rings. The first-order valence-electron chi connectivity index (χ1n) is 9.46. The standard InChI is InChI=1S/C21H32N4/c1-15-7-8-16(2)20(11-15)25-18(4)19(12-24-25)17(3)23-14-21(5)9-6-10-22-13-21/h7-8,11-12,17,22-23H,6,9-10,13-14H2,1-5H3. The van der Waals surface area contributed by atoms with Crippen LogP contribution in [0.1, 0.15) is 55.1 Å². The Kier molecular flexibility index (Phi) is 5.30. The molecule has 1 saturated heterocycles. The summed E-state index contributed by atoms with van der Waals surface area (Å²) < 4.78 is 2.08. The number of aryl methyl sites for hydroxylation is 2. The average Bonchev–Trinajstić information content (AvgIpc) is 2.97. The Morgan fingerprint density at radius 2 is 2.12 bits per heavy atom. The smallest absolute Gasteiger partial charge is 0.0680 e. The molecule has 25 heavy (non-hydrogen) atoms. The van der Waals surface area contributed by atoms with Gasteiger partial charge in [0.15, 0.2) is 0 Å². The van der Waals surface area contributed by atoms with E-state index in [0.29, 0.717) is 11.5 Å². The van der Waals surface area contributed by atoms with Gasteiger partial charge in [-0.15, -0.1) is 0 Å². The third-order valence-electron chi connectivity index (χ3n) is 5.63. The lowest BCUT2D eigenvalue weighted by atomic mass is 9.82. The summed E-state index contributed by atoms with van der Waals surface area (Å²) >= 11 is 0.